The molecular formula is C28H16ClN3O2. The van der Waals surface area contributed by atoms with Gasteiger partial charge in [-0.2, -0.15) is 5.10 Å². The van der Waals surface area contributed by atoms with Crippen molar-refractivity contribution in [1.82, 2.24) is 10.4 Å². The van der Waals surface area contributed by atoms with E-state index in [0.717, 1.165) is 21.9 Å². The summed E-state index contributed by atoms with van der Waals surface area (Å²) in [7, 11) is 0. The number of halogens is 1. The first-order valence-corrected chi connectivity index (χ1v) is 11.1. The van der Waals surface area contributed by atoms with Gasteiger partial charge < -0.3 is 0 Å². The molecule has 0 saturated heterocycles. The van der Waals surface area contributed by atoms with Crippen molar-refractivity contribution in [2.45, 2.75) is 0 Å². The quantitative estimate of drug-likeness (QED) is 0.333. The molecule has 1 aromatic heterocycles. The summed E-state index contributed by atoms with van der Waals surface area (Å²) in [5, 5.41) is 7.31. The van der Waals surface area contributed by atoms with E-state index in [0.29, 0.717) is 32.7 Å². The number of Topliss-reactive ketones (excluding diaryl/α,β-unsaturated/α-hetero) is 1. The van der Waals surface area contributed by atoms with E-state index in [1.807, 2.05) is 72.8 Å². The highest BCUT2D eigenvalue weighted by molar-refractivity contribution is 6.59. The first-order chi connectivity index (χ1) is 16.6. The van der Waals surface area contributed by atoms with Gasteiger partial charge in [-0.25, -0.2) is 10.4 Å². The Morgan fingerprint density at radius 2 is 1.53 bits per heavy atom. The predicted molar refractivity (Wildman–Crippen MR) is 134 cm³/mol. The number of para-hydroxylation sites is 1. The second-order valence-electron chi connectivity index (χ2n) is 7.99. The van der Waals surface area contributed by atoms with E-state index < -0.39 is 5.91 Å². The second-order valence-corrected chi connectivity index (χ2v) is 8.40. The Labute approximate surface area is 199 Å². The second kappa shape index (κ2) is 7.90. The highest BCUT2D eigenvalue weighted by Crippen LogP contribution is 2.32. The zero-order valence-corrected chi connectivity index (χ0v) is 18.5. The van der Waals surface area contributed by atoms with Crippen LogP contribution in [0.3, 0.4) is 0 Å². The van der Waals surface area contributed by atoms with E-state index in [9.17, 15) is 9.59 Å². The Morgan fingerprint density at radius 1 is 0.824 bits per heavy atom. The molecule has 6 rings (SSSR count). The maximum absolute atomic E-state index is 13.3. The lowest BCUT2D eigenvalue weighted by Gasteiger charge is -2.10. The van der Waals surface area contributed by atoms with Crippen LogP contribution in [0.15, 0.2) is 96.1 Å². The Bertz CT molecular complexity index is 1690. The summed E-state index contributed by atoms with van der Waals surface area (Å²) < 4.78 is 0. The predicted octanol–water partition coefficient (Wildman–Crippen LogP) is 6.04. The SMILES string of the molecule is O=C(N/N=C1/C(=O)c2cccc3cccc1c23)c1cc(-c2ccccc2Cl)nc2ccccc12. The molecule has 162 valence electrons. The number of carbonyl (C=O) groups is 2. The minimum atomic E-state index is -0.435. The number of fused-ring (bicyclic) bond motifs is 1. The van der Waals surface area contributed by atoms with E-state index in [4.69, 9.17) is 16.6 Å². The fourth-order valence-corrected chi connectivity index (χ4v) is 4.66. The average Bonchev–Trinajstić information content (AvgIpc) is 3.15. The molecule has 0 spiro atoms. The molecule has 5 aromatic rings. The molecule has 6 heteroatoms. The molecule has 4 aromatic carbocycles. The third kappa shape index (κ3) is 3.17. The molecule has 1 N–H and O–H groups in total. The Kier molecular flexibility index (Phi) is 4.71. The molecule has 0 unspecified atom stereocenters. The first kappa shape index (κ1) is 20.3. The minimum absolute atomic E-state index is 0.205. The molecule has 34 heavy (non-hydrogen) atoms. The van der Waals surface area contributed by atoms with Crippen LogP contribution in [0.4, 0.5) is 0 Å². The van der Waals surface area contributed by atoms with E-state index >= 15 is 0 Å². The summed E-state index contributed by atoms with van der Waals surface area (Å²) >= 11 is 6.39. The van der Waals surface area contributed by atoms with Crippen LogP contribution in [-0.4, -0.2) is 22.4 Å². The zero-order chi connectivity index (χ0) is 23.2. The topological polar surface area (TPSA) is 71.4 Å². The number of carbonyl (C=O) groups excluding carboxylic acids is 2. The third-order valence-corrected chi connectivity index (χ3v) is 6.33. The lowest BCUT2D eigenvalue weighted by atomic mass is 10.0. The Balaban J connectivity index is 1.43. The van der Waals surface area contributed by atoms with Crippen LogP contribution < -0.4 is 5.43 Å². The number of hydrazone groups is 1. The van der Waals surface area contributed by atoms with Gasteiger partial charge in [0, 0.05) is 32.5 Å². The van der Waals surface area contributed by atoms with Gasteiger partial charge in [0.2, 0.25) is 5.78 Å². The van der Waals surface area contributed by atoms with Crippen LogP contribution in [0.1, 0.15) is 26.3 Å². The van der Waals surface area contributed by atoms with Gasteiger partial charge in [-0.1, -0.05) is 84.4 Å². The third-order valence-electron chi connectivity index (χ3n) is 6.00. The van der Waals surface area contributed by atoms with Crippen molar-refractivity contribution in [3.05, 3.63) is 113 Å². The lowest BCUT2D eigenvalue weighted by Crippen LogP contribution is -2.22. The maximum atomic E-state index is 13.3. The normalized spacial score (nSPS) is 13.7. The van der Waals surface area contributed by atoms with Crippen molar-refractivity contribution in [2.24, 2.45) is 5.10 Å². The van der Waals surface area contributed by atoms with E-state index in [-0.39, 0.29) is 11.5 Å². The molecule has 5 nitrogen and oxygen atoms in total. The molecule has 1 heterocycles. The van der Waals surface area contributed by atoms with Crippen molar-refractivity contribution in [2.75, 3.05) is 0 Å². The standard InChI is InChI=1S/C28H16ClN3O2/c29-22-13-3-1-10-18(22)24-15-21(17-9-2-4-14-23(17)30-24)28(34)32-31-26-19-11-5-7-16-8-6-12-20(25(16)19)27(26)33/h1-15H,(H,32,34)/b31-26+. The maximum Gasteiger partial charge on any atom is 0.272 e. The van der Waals surface area contributed by atoms with E-state index in [1.165, 1.54) is 0 Å². The van der Waals surface area contributed by atoms with Crippen molar-refractivity contribution < 1.29 is 9.59 Å². The van der Waals surface area contributed by atoms with Gasteiger partial charge >= 0.3 is 0 Å². The summed E-state index contributed by atoms with van der Waals surface area (Å²) in [5.41, 5.74) is 6.50. The monoisotopic (exact) mass is 461 g/mol. The molecule has 1 amide bonds. The van der Waals surface area contributed by atoms with E-state index in [2.05, 4.69) is 10.5 Å². The summed E-state index contributed by atoms with van der Waals surface area (Å²) in [4.78, 5) is 31.0. The van der Waals surface area contributed by atoms with Gasteiger partial charge in [0.25, 0.3) is 5.91 Å². The molecule has 0 aliphatic heterocycles. The highest BCUT2D eigenvalue weighted by Gasteiger charge is 2.29. The van der Waals surface area contributed by atoms with Crippen LogP contribution >= 0.6 is 11.6 Å². The smallest absolute Gasteiger partial charge is 0.272 e. The van der Waals surface area contributed by atoms with E-state index in [1.54, 1.807) is 18.2 Å². The summed E-state index contributed by atoms with van der Waals surface area (Å²) in [5.74, 6) is -0.640. The zero-order valence-electron chi connectivity index (χ0n) is 17.7. The Morgan fingerprint density at radius 3 is 2.35 bits per heavy atom. The summed E-state index contributed by atoms with van der Waals surface area (Å²) in [6.07, 6.45) is 0. The van der Waals surface area contributed by atoms with Gasteiger partial charge in [0.1, 0.15) is 5.71 Å². The van der Waals surface area contributed by atoms with Gasteiger partial charge in [-0.3, -0.25) is 9.59 Å². The summed E-state index contributed by atoms with van der Waals surface area (Å²) in [6.45, 7) is 0. The molecular weight excluding hydrogens is 446 g/mol. The minimum Gasteiger partial charge on any atom is -0.287 e. The molecule has 1 aliphatic rings. The van der Waals surface area contributed by atoms with Crippen LogP contribution in [0.2, 0.25) is 5.02 Å². The summed E-state index contributed by atoms with van der Waals surface area (Å²) in [6, 6.07) is 27.7. The average molecular weight is 462 g/mol. The molecule has 0 saturated carbocycles. The fourth-order valence-electron chi connectivity index (χ4n) is 4.43. The number of pyridine rings is 1. The number of amides is 1. The number of hydrogen-bond donors (Lipinski definition) is 1. The lowest BCUT2D eigenvalue weighted by molar-refractivity contribution is 0.0956. The first-order valence-electron chi connectivity index (χ1n) is 10.7. The van der Waals surface area contributed by atoms with Gasteiger partial charge in [0.15, 0.2) is 0 Å². The van der Waals surface area contributed by atoms with Gasteiger partial charge in [0.05, 0.1) is 16.8 Å². The highest BCUT2D eigenvalue weighted by atomic mass is 35.5. The van der Waals surface area contributed by atoms with Crippen LogP contribution in [0.5, 0.6) is 0 Å². The van der Waals surface area contributed by atoms with Crippen molar-refractivity contribution in [1.29, 1.82) is 0 Å². The number of benzene rings is 4. The molecule has 0 atom stereocenters. The van der Waals surface area contributed by atoms with Crippen LogP contribution in [-0.2, 0) is 0 Å². The number of nitrogens with zero attached hydrogens (tertiary/aromatic N) is 2. The van der Waals surface area contributed by atoms with Crippen molar-refractivity contribution in [3.63, 3.8) is 0 Å². The van der Waals surface area contributed by atoms with Crippen molar-refractivity contribution >= 4 is 50.7 Å². The fraction of sp³-hybridized carbons (Fsp3) is 0. The van der Waals surface area contributed by atoms with Gasteiger partial charge in [-0.05, 0) is 23.6 Å². The largest absolute Gasteiger partial charge is 0.287 e. The molecule has 0 bridgehead atoms. The molecule has 1 aliphatic carbocycles. The van der Waals surface area contributed by atoms with Crippen LogP contribution in [0.25, 0.3) is 32.9 Å². The molecule has 0 fully saturated rings. The number of nitrogens with one attached hydrogen (secondary N) is 1. The number of hydrogen-bond acceptors (Lipinski definition) is 4. The van der Waals surface area contributed by atoms with Crippen molar-refractivity contribution in [3.8, 4) is 11.3 Å². The number of ketones is 1. The number of rotatable bonds is 3. The Hall–Kier alpha value is -4.35. The molecule has 0 radical (unpaired) electrons. The number of aromatic nitrogens is 1. The van der Waals surface area contributed by atoms with Crippen LogP contribution in [0, 0.1) is 0 Å². The van der Waals surface area contributed by atoms with Gasteiger partial charge in [-0.15, -0.1) is 0 Å².